The van der Waals surface area contributed by atoms with Crippen molar-refractivity contribution in [1.82, 2.24) is 20.1 Å². The summed E-state index contributed by atoms with van der Waals surface area (Å²) in [5.41, 5.74) is 0.887. The number of carbonyl (C=O) groups is 2. The van der Waals surface area contributed by atoms with Gasteiger partial charge < -0.3 is 20.2 Å². The third-order valence-corrected chi connectivity index (χ3v) is 5.14. The highest BCUT2D eigenvalue weighted by molar-refractivity contribution is 6.32. The number of anilines is 1. The second kappa shape index (κ2) is 13.0. The van der Waals surface area contributed by atoms with Crippen LogP contribution in [0.3, 0.4) is 0 Å². The zero-order valence-corrected chi connectivity index (χ0v) is 20.8. The fraction of sp³-hybridized carbons (Fsp3) is 0.250. The van der Waals surface area contributed by atoms with E-state index in [0.717, 1.165) is 4.68 Å². The fourth-order valence-corrected chi connectivity index (χ4v) is 3.44. The summed E-state index contributed by atoms with van der Waals surface area (Å²) in [6.45, 7) is 2.95. The molecular weight excluding hydrogens is 505 g/mol. The maximum atomic E-state index is 13.4. The highest BCUT2D eigenvalue weighted by Gasteiger charge is 2.23. The second-order valence-corrected chi connectivity index (χ2v) is 7.78. The van der Waals surface area contributed by atoms with E-state index in [1.54, 1.807) is 26.0 Å². The van der Waals surface area contributed by atoms with Crippen LogP contribution in [0.4, 0.5) is 10.1 Å². The quantitative estimate of drug-likeness (QED) is 0.219. The van der Waals surface area contributed by atoms with E-state index in [1.807, 2.05) is 6.07 Å². The zero-order valence-electron chi connectivity index (χ0n) is 20.0. The Kier molecular flexibility index (Phi) is 9.51. The fourth-order valence-electron chi connectivity index (χ4n) is 3.24. The molecular formula is C24H23ClFN7O4. The number of carbonyl (C=O) groups excluding carboxylic acids is 2. The predicted octanol–water partition coefficient (Wildman–Crippen LogP) is 3.80. The van der Waals surface area contributed by atoms with Crippen LogP contribution in [-0.2, 0) is 4.84 Å². The summed E-state index contributed by atoms with van der Waals surface area (Å²) in [6, 6.07) is 9.27. The van der Waals surface area contributed by atoms with Gasteiger partial charge in [0.1, 0.15) is 12.3 Å². The van der Waals surface area contributed by atoms with Crippen molar-refractivity contribution in [2.24, 2.45) is 5.16 Å². The molecule has 2 heterocycles. The monoisotopic (exact) mass is 527 g/mol. The number of oxime groups is 1. The Hall–Kier alpha value is -4.50. The van der Waals surface area contributed by atoms with Crippen LogP contribution in [0.25, 0.3) is 5.82 Å². The summed E-state index contributed by atoms with van der Waals surface area (Å²) in [5, 5.41) is 22.8. The number of alkyl halides is 1. The summed E-state index contributed by atoms with van der Waals surface area (Å²) in [6.07, 6.45) is 3.38. The standard InChI is InChI=1S/C24H23ClFN7O4/c1-3-37-30-9-5-8-29-23(34)17-11-16(13-27)10-15(2)21(17)31-24(35)19-12-20(36-14-26)32-33(19)22-18(25)6-4-7-28-22/h4,6-7,9-12H,3,5,8,14H2,1-2H3,(H,29,34)(H,31,35)/b30-9+. The van der Waals surface area contributed by atoms with E-state index in [2.05, 4.69) is 25.9 Å². The molecule has 2 aromatic heterocycles. The van der Waals surface area contributed by atoms with Crippen molar-refractivity contribution in [2.75, 3.05) is 25.3 Å². The van der Waals surface area contributed by atoms with Gasteiger partial charge in [-0.05, 0) is 43.7 Å². The van der Waals surface area contributed by atoms with Crippen LogP contribution in [0, 0.1) is 18.3 Å². The Balaban J connectivity index is 1.93. The van der Waals surface area contributed by atoms with E-state index in [0.29, 0.717) is 18.6 Å². The molecule has 3 rings (SSSR count). The van der Waals surface area contributed by atoms with Gasteiger partial charge in [-0.2, -0.15) is 5.26 Å². The Morgan fingerprint density at radius 3 is 2.84 bits per heavy atom. The maximum absolute atomic E-state index is 13.4. The first-order valence-corrected chi connectivity index (χ1v) is 11.4. The van der Waals surface area contributed by atoms with Gasteiger partial charge in [-0.25, -0.2) is 14.1 Å². The number of hydrogen-bond donors (Lipinski definition) is 2. The number of nitriles is 1. The molecule has 0 atom stereocenters. The van der Waals surface area contributed by atoms with Crippen molar-refractivity contribution < 1.29 is 23.6 Å². The Bertz CT molecular complexity index is 1350. The first-order valence-electron chi connectivity index (χ1n) is 11.1. The molecule has 0 aliphatic carbocycles. The van der Waals surface area contributed by atoms with Gasteiger partial charge in [-0.3, -0.25) is 9.59 Å². The highest BCUT2D eigenvalue weighted by Crippen LogP contribution is 2.26. The molecule has 2 amide bonds. The first-order chi connectivity index (χ1) is 17.9. The number of aromatic nitrogens is 3. The van der Waals surface area contributed by atoms with Gasteiger partial charge in [-0.1, -0.05) is 16.8 Å². The van der Waals surface area contributed by atoms with Crippen molar-refractivity contribution in [3.63, 3.8) is 0 Å². The van der Waals surface area contributed by atoms with Gasteiger partial charge in [0.05, 0.1) is 27.9 Å². The molecule has 0 radical (unpaired) electrons. The lowest BCUT2D eigenvalue weighted by Gasteiger charge is -2.15. The summed E-state index contributed by atoms with van der Waals surface area (Å²) in [5.74, 6) is -1.26. The van der Waals surface area contributed by atoms with Crippen LogP contribution in [-0.4, -0.2) is 52.8 Å². The van der Waals surface area contributed by atoms with Crippen molar-refractivity contribution in [2.45, 2.75) is 20.3 Å². The van der Waals surface area contributed by atoms with Crippen LogP contribution < -0.4 is 15.4 Å². The Morgan fingerprint density at radius 2 is 2.14 bits per heavy atom. The smallest absolute Gasteiger partial charge is 0.274 e. The number of halogens is 2. The number of hydrogen-bond acceptors (Lipinski definition) is 8. The molecule has 1 aromatic carbocycles. The van der Waals surface area contributed by atoms with E-state index in [-0.39, 0.29) is 45.8 Å². The van der Waals surface area contributed by atoms with Crippen LogP contribution in [0.15, 0.2) is 41.7 Å². The average Bonchev–Trinajstić information content (AvgIpc) is 3.31. The molecule has 0 aliphatic rings. The average molecular weight is 528 g/mol. The Labute approximate surface area is 216 Å². The molecule has 0 spiro atoms. The number of ether oxygens (including phenoxy) is 1. The molecule has 11 nitrogen and oxygen atoms in total. The van der Waals surface area contributed by atoms with Crippen LogP contribution in [0.5, 0.6) is 5.88 Å². The first kappa shape index (κ1) is 27.1. The lowest BCUT2D eigenvalue weighted by Crippen LogP contribution is -2.27. The van der Waals surface area contributed by atoms with Gasteiger partial charge in [0.15, 0.2) is 5.82 Å². The van der Waals surface area contributed by atoms with E-state index in [9.17, 15) is 19.2 Å². The third-order valence-electron chi connectivity index (χ3n) is 4.85. The summed E-state index contributed by atoms with van der Waals surface area (Å²) < 4.78 is 18.7. The number of rotatable bonds is 11. The lowest BCUT2D eigenvalue weighted by atomic mass is 10.0. The van der Waals surface area contributed by atoms with E-state index >= 15 is 0 Å². The molecule has 0 unspecified atom stereocenters. The minimum atomic E-state index is -1.16. The summed E-state index contributed by atoms with van der Waals surface area (Å²) in [4.78, 5) is 35.3. The van der Waals surface area contributed by atoms with E-state index < -0.39 is 18.7 Å². The van der Waals surface area contributed by atoms with Gasteiger partial charge in [-0.15, -0.1) is 5.10 Å². The molecule has 0 saturated carbocycles. The van der Waals surface area contributed by atoms with Crippen molar-refractivity contribution >= 4 is 35.3 Å². The number of benzene rings is 1. The van der Waals surface area contributed by atoms with Crippen LogP contribution in [0.2, 0.25) is 5.02 Å². The lowest BCUT2D eigenvalue weighted by molar-refractivity contribution is 0.0955. The second-order valence-electron chi connectivity index (χ2n) is 7.37. The number of nitrogens with zero attached hydrogens (tertiary/aromatic N) is 5. The molecule has 3 aromatic rings. The normalized spacial score (nSPS) is 10.7. The predicted molar refractivity (Wildman–Crippen MR) is 134 cm³/mol. The van der Waals surface area contributed by atoms with Gasteiger partial charge in [0.2, 0.25) is 12.7 Å². The molecule has 0 bridgehead atoms. The molecule has 2 N–H and O–H groups in total. The van der Waals surface area contributed by atoms with Gasteiger partial charge >= 0.3 is 0 Å². The van der Waals surface area contributed by atoms with Crippen molar-refractivity contribution in [3.05, 3.63) is 63.9 Å². The summed E-state index contributed by atoms with van der Waals surface area (Å²) >= 11 is 6.23. The van der Waals surface area contributed by atoms with Crippen LogP contribution in [0.1, 0.15) is 45.3 Å². The van der Waals surface area contributed by atoms with Crippen molar-refractivity contribution in [3.8, 4) is 17.8 Å². The summed E-state index contributed by atoms with van der Waals surface area (Å²) in [7, 11) is 0. The number of aryl methyl sites for hydroxylation is 1. The molecule has 37 heavy (non-hydrogen) atoms. The highest BCUT2D eigenvalue weighted by atomic mass is 35.5. The third kappa shape index (κ3) is 6.80. The topological polar surface area (TPSA) is 144 Å². The minimum Gasteiger partial charge on any atom is -0.445 e. The number of pyridine rings is 1. The van der Waals surface area contributed by atoms with Crippen molar-refractivity contribution in [1.29, 1.82) is 5.26 Å². The van der Waals surface area contributed by atoms with E-state index in [1.165, 1.54) is 30.6 Å². The molecule has 0 fully saturated rings. The zero-order chi connectivity index (χ0) is 26.8. The molecule has 0 aliphatic heterocycles. The SMILES string of the molecule is CCO/N=C/CCNC(=O)c1cc(C#N)cc(C)c1NC(=O)c1cc(OCF)nn1-c1ncccc1Cl. The molecule has 192 valence electrons. The largest absolute Gasteiger partial charge is 0.445 e. The minimum absolute atomic E-state index is 0.0775. The maximum Gasteiger partial charge on any atom is 0.274 e. The Morgan fingerprint density at radius 1 is 1.32 bits per heavy atom. The molecule has 0 saturated heterocycles. The van der Waals surface area contributed by atoms with Gasteiger partial charge in [0.25, 0.3) is 11.8 Å². The molecule has 13 heteroatoms. The van der Waals surface area contributed by atoms with Crippen LogP contribution >= 0.6 is 11.6 Å². The number of amides is 2. The van der Waals surface area contributed by atoms with E-state index in [4.69, 9.17) is 21.2 Å². The number of nitrogens with one attached hydrogen (secondary N) is 2. The van der Waals surface area contributed by atoms with Gasteiger partial charge in [0, 0.05) is 31.4 Å².